The van der Waals surface area contributed by atoms with Gasteiger partial charge in [0.25, 0.3) is 5.91 Å². The fraction of sp³-hybridized carbons (Fsp3) is 0.529. The molecule has 1 saturated heterocycles. The highest BCUT2D eigenvalue weighted by Crippen LogP contribution is 2.22. The van der Waals surface area contributed by atoms with E-state index in [2.05, 4.69) is 0 Å². The van der Waals surface area contributed by atoms with Gasteiger partial charge in [0.1, 0.15) is 5.75 Å². The molecule has 0 radical (unpaired) electrons. The van der Waals surface area contributed by atoms with E-state index in [1.54, 1.807) is 29.2 Å². The van der Waals surface area contributed by atoms with Gasteiger partial charge in [-0.1, -0.05) is 6.92 Å². The Balaban J connectivity index is 2.03. The third kappa shape index (κ3) is 4.48. The van der Waals surface area contributed by atoms with E-state index in [4.69, 9.17) is 10.00 Å². The number of hydrogen-bond donors (Lipinski definition) is 0. The number of carbonyl (C=O) groups excluding carboxylic acids is 1. The minimum atomic E-state index is -3.06. The van der Waals surface area contributed by atoms with Gasteiger partial charge in [0.2, 0.25) is 0 Å². The molecule has 24 heavy (non-hydrogen) atoms. The Hall–Kier alpha value is -2.07. The smallest absolute Gasteiger partial charge is 0.261 e. The molecule has 1 heterocycles. The topological polar surface area (TPSA) is 87.5 Å². The van der Waals surface area contributed by atoms with Crippen LogP contribution in [0.15, 0.2) is 24.3 Å². The van der Waals surface area contributed by atoms with Crippen LogP contribution in [0.4, 0.5) is 0 Å². The van der Waals surface area contributed by atoms with E-state index in [-0.39, 0.29) is 36.1 Å². The molecule has 6 nitrogen and oxygen atoms in total. The summed E-state index contributed by atoms with van der Waals surface area (Å²) in [4.78, 5) is 14.3. The molecule has 7 heteroatoms. The fourth-order valence-electron chi connectivity index (χ4n) is 2.85. The van der Waals surface area contributed by atoms with Crippen molar-refractivity contribution in [2.75, 3.05) is 18.1 Å². The Morgan fingerprint density at radius 3 is 2.58 bits per heavy atom. The second-order valence-electron chi connectivity index (χ2n) is 6.04. The van der Waals surface area contributed by atoms with Gasteiger partial charge in [-0.2, -0.15) is 5.26 Å². The van der Waals surface area contributed by atoms with Gasteiger partial charge in [-0.05, 0) is 44.0 Å². The van der Waals surface area contributed by atoms with Gasteiger partial charge in [-0.15, -0.1) is 0 Å². The van der Waals surface area contributed by atoms with Gasteiger partial charge in [-0.3, -0.25) is 4.79 Å². The molecule has 0 aromatic heterocycles. The van der Waals surface area contributed by atoms with Gasteiger partial charge >= 0.3 is 0 Å². The first kappa shape index (κ1) is 18.3. The largest absolute Gasteiger partial charge is 0.484 e. The van der Waals surface area contributed by atoms with Gasteiger partial charge in [0.15, 0.2) is 16.4 Å². The van der Waals surface area contributed by atoms with Gasteiger partial charge in [-0.25, -0.2) is 8.42 Å². The number of sulfone groups is 1. The van der Waals surface area contributed by atoms with Crippen LogP contribution >= 0.6 is 0 Å². The number of hydrogen-bond acceptors (Lipinski definition) is 5. The molecule has 130 valence electrons. The van der Waals surface area contributed by atoms with E-state index < -0.39 is 9.84 Å². The predicted octanol–water partition coefficient (Wildman–Crippen LogP) is 1.75. The van der Waals surface area contributed by atoms with Crippen molar-refractivity contribution in [3.63, 3.8) is 0 Å². The summed E-state index contributed by atoms with van der Waals surface area (Å²) < 4.78 is 29.0. The Bertz CT molecular complexity index is 722. The average molecular weight is 350 g/mol. The lowest BCUT2D eigenvalue weighted by molar-refractivity contribution is -0.137. The Labute approximate surface area is 142 Å². The standard InChI is InChI=1S/C17H22N2O4S/c1-3-13(2)19(15-8-9-24(21,22)12-15)17(20)11-23-16-6-4-14(10-18)5-7-16/h4-7,13,15H,3,8-9,11-12H2,1-2H3/t13-,15+/m1/s1. The lowest BCUT2D eigenvalue weighted by Crippen LogP contribution is -2.48. The van der Waals surface area contributed by atoms with Crippen molar-refractivity contribution in [1.82, 2.24) is 4.90 Å². The van der Waals surface area contributed by atoms with Crippen LogP contribution < -0.4 is 4.74 Å². The van der Waals surface area contributed by atoms with Crippen LogP contribution in [-0.2, 0) is 14.6 Å². The van der Waals surface area contributed by atoms with Crippen molar-refractivity contribution < 1.29 is 17.9 Å². The number of benzene rings is 1. The van der Waals surface area contributed by atoms with E-state index in [1.807, 2.05) is 19.9 Å². The zero-order valence-corrected chi connectivity index (χ0v) is 14.8. The number of ether oxygens (including phenoxy) is 1. The molecule has 1 amide bonds. The van der Waals surface area contributed by atoms with Crippen LogP contribution in [0.5, 0.6) is 5.75 Å². The monoisotopic (exact) mass is 350 g/mol. The highest BCUT2D eigenvalue weighted by molar-refractivity contribution is 7.91. The molecule has 0 spiro atoms. The summed E-state index contributed by atoms with van der Waals surface area (Å²) in [6.45, 7) is 3.74. The number of rotatable bonds is 6. The summed E-state index contributed by atoms with van der Waals surface area (Å²) in [5.41, 5.74) is 0.520. The SMILES string of the molecule is CC[C@@H](C)N(C(=O)COc1ccc(C#N)cc1)[C@H]1CCS(=O)(=O)C1. The Morgan fingerprint density at radius 2 is 2.08 bits per heavy atom. The number of amides is 1. The van der Waals surface area contributed by atoms with E-state index in [0.717, 1.165) is 6.42 Å². The molecule has 0 bridgehead atoms. The van der Waals surface area contributed by atoms with E-state index in [0.29, 0.717) is 17.7 Å². The van der Waals surface area contributed by atoms with E-state index in [9.17, 15) is 13.2 Å². The highest BCUT2D eigenvalue weighted by atomic mass is 32.2. The molecular formula is C17H22N2O4S. The van der Waals surface area contributed by atoms with Crippen LogP contribution in [-0.4, -0.2) is 49.4 Å². The minimum absolute atomic E-state index is 0.0277. The number of nitrogens with zero attached hydrogens (tertiary/aromatic N) is 2. The summed E-state index contributed by atoms with van der Waals surface area (Å²) in [7, 11) is -3.06. The molecule has 0 aliphatic carbocycles. The van der Waals surface area contributed by atoms with Crippen LogP contribution in [0, 0.1) is 11.3 Å². The van der Waals surface area contributed by atoms with Crippen molar-refractivity contribution >= 4 is 15.7 Å². The van der Waals surface area contributed by atoms with E-state index in [1.165, 1.54) is 0 Å². The number of nitriles is 1. The molecule has 0 unspecified atom stereocenters. The average Bonchev–Trinajstić information content (AvgIpc) is 2.92. The maximum Gasteiger partial charge on any atom is 0.261 e. The summed E-state index contributed by atoms with van der Waals surface area (Å²) >= 11 is 0. The van der Waals surface area contributed by atoms with Crippen molar-refractivity contribution in [2.24, 2.45) is 0 Å². The summed E-state index contributed by atoms with van der Waals surface area (Å²) in [6, 6.07) is 8.22. The second kappa shape index (κ2) is 7.67. The molecule has 0 N–H and O–H groups in total. The van der Waals surface area contributed by atoms with Crippen LogP contribution in [0.2, 0.25) is 0 Å². The summed E-state index contributed by atoms with van der Waals surface area (Å²) in [5.74, 6) is 0.454. The first-order valence-electron chi connectivity index (χ1n) is 8.01. The summed E-state index contributed by atoms with van der Waals surface area (Å²) in [5, 5.41) is 8.77. The predicted molar refractivity (Wildman–Crippen MR) is 90.3 cm³/mol. The van der Waals surface area contributed by atoms with Crippen molar-refractivity contribution in [2.45, 2.75) is 38.8 Å². The molecule has 1 aromatic rings. The zero-order chi connectivity index (χ0) is 17.7. The van der Waals surface area contributed by atoms with Crippen LogP contribution in [0.25, 0.3) is 0 Å². The van der Waals surface area contributed by atoms with Gasteiger partial charge < -0.3 is 9.64 Å². The summed E-state index contributed by atoms with van der Waals surface area (Å²) in [6.07, 6.45) is 1.23. The van der Waals surface area contributed by atoms with Crippen molar-refractivity contribution in [3.05, 3.63) is 29.8 Å². The minimum Gasteiger partial charge on any atom is -0.484 e. The molecular weight excluding hydrogens is 328 g/mol. The molecule has 1 aliphatic rings. The molecule has 2 atom stereocenters. The van der Waals surface area contributed by atoms with Gasteiger partial charge in [0.05, 0.1) is 23.1 Å². The first-order chi connectivity index (χ1) is 11.4. The lowest BCUT2D eigenvalue weighted by atomic mass is 10.1. The normalized spacial score (nSPS) is 20.1. The maximum atomic E-state index is 12.6. The van der Waals surface area contributed by atoms with Crippen LogP contribution in [0.1, 0.15) is 32.3 Å². The maximum absolute atomic E-state index is 12.6. The van der Waals surface area contributed by atoms with Crippen molar-refractivity contribution in [1.29, 1.82) is 5.26 Å². The second-order valence-corrected chi connectivity index (χ2v) is 8.27. The Kier molecular flexibility index (Phi) is 5.84. The molecule has 0 saturated carbocycles. The first-order valence-corrected chi connectivity index (χ1v) is 9.83. The quantitative estimate of drug-likeness (QED) is 0.780. The third-order valence-corrected chi connectivity index (χ3v) is 6.05. The third-order valence-electron chi connectivity index (χ3n) is 4.30. The zero-order valence-electron chi connectivity index (χ0n) is 13.9. The molecule has 1 aliphatic heterocycles. The van der Waals surface area contributed by atoms with E-state index >= 15 is 0 Å². The molecule has 2 rings (SSSR count). The Morgan fingerprint density at radius 1 is 1.42 bits per heavy atom. The molecule has 1 fully saturated rings. The van der Waals surface area contributed by atoms with Crippen LogP contribution in [0.3, 0.4) is 0 Å². The highest BCUT2D eigenvalue weighted by Gasteiger charge is 2.36. The lowest BCUT2D eigenvalue weighted by Gasteiger charge is -2.33. The van der Waals surface area contributed by atoms with Gasteiger partial charge in [0, 0.05) is 12.1 Å². The molecule has 1 aromatic carbocycles. The fourth-order valence-corrected chi connectivity index (χ4v) is 4.56. The number of carbonyl (C=O) groups is 1. The van der Waals surface area contributed by atoms with Crippen molar-refractivity contribution in [3.8, 4) is 11.8 Å².